The molecule has 3 heteroatoms. The molecular formula is C7H16N2O. The molecule has 0 spiro atoms. The Kier molecular flexibility index (Phi) is 2.28. The predicted octanol–water partition coefficient (Wildman–Crippen LogP) is 0.614. The molecule has 0 unspecified atom stereocenters. The summed E-state index contributed by atoms with van der Waals surface area (Å²) >= 11 is 0. The summed E-state index contributed by atoms with van der Waals surface area (Å²) in [4.78, 5) is 1.97. The first-order valence-corrected chi connectivity index (χ1v) is 3.84. The fraction of sp³-hybridized carbons (Fsp3) is 1.00. The molecule has 0 atom stereocenters. The number of nitrogens with zero attached hydrogens (tertiary/aromatic N) is 2. The highest BCUT2D eigenvalue weighted by Crippen LogP contribution is 2.16. The monoisotopic (exact) mass is 144 g/mol. The first-order valence-electron chi connectivity index (χ1n) is 3.84. The Balaban J connectivity index is 2.36. The topological polar surface area (TPSA) is 26.3 Å². The third kappa shape index (κ3) is 1.94. The maximum absolute atomic E-state index is 11.6. The number of quaternary nitrogens is 1. The molecule has 0 aromatic rings. The number of hydrogen-bond acceptors (Lipinski definition) is 2. The van der Waals surface area contributed by atoms with Gasteiger partial charge >= 0.3 is 0 Å². The maximum atomic E-state index is 11.6. The van der Waals surface area contributed by atoms with Gasteiger partial charge in [0.15, 0.2) is 0 Å². The van der Waals surface area contributed by atoms with Crippen LogP contribution in [0.5, 0.6) is 0 Å². The van der Waals surface area contributed by atoms with Crippen LogP contribution in [0.4, 0.5) is 0 Å². The average Bonchev–Trinajstić information content (AvgIpc) is 2.12. The Morgan fingerprint density at radius 3 is 2.20 bits per heavy atom. The van der Waals surface area contributed by atoms with Gasteiger partial charge in [0.25, 0.3) is 0 Å². The van der Waals surface area contributed by atoms with E-state index in [0.717, 1.165) is 25.9 Å². The molecule has 0 radical (unpaired) electrons. The second-order valence-corrected chi connectivity index (χ2v) is 3.43. The molecular weight excluding hydrogens is 128 g/mol. The van der Waals surface area contributed by atoms with Gasteiger partial charge in [-0.2, -0.15) is 0 Å². The first-order chi connectivity index (χ1) is 4.62. The van der Waals surface area contributed by atoms with E-state index in [-0.39, 0.29) is 4.65 Å². The van der Waals surface area contributed by atoms with Crippen molar-refractivity contribution >= 4 is 0 Å². The fourth-order valence-corrected chi connectivity index (χ4v) is 1.57. The second-order valence-electron chi connectivity index (χ2n) is 3.43. The lowest BCUT2D eigenvalue weighted by Gasteiger charge is -2.40. The minimum Gasteiger partial charge on any atom is -0.632 e. The van der Waals surface area contributed by atoms with Crippen LogP contribution in [-0.2, 0) is 0 Å². The zero-order valence-electron chi connectivity index (χ0n) is 6.84. The third-order valence-corrected chi connectivity index (χ3v) is 1.92. The van der Waals surface area contributed by atoms with E-state index in [1.807, 2.05) is 19.0 Å². The van der Waals surface area contributed by atoms with Crippen molar-refractivity contribution < 1.29 is 4.65 Å². The summed E-state index contributed by atoms with van der Waals surface area (Å²) in [6, 6.07) is 0. The number of rotatable bonds is 2. The van der Waals surface area contributed by atoms with Crippen LogP contribution < -0.4 is 0 Å². The summed E-state index contributed by atoms with van der Waals surface area (Å²) < 4.78 is 0.00694. The van der Waals surface area contributed by atoms with Crippen LogP contribution in [0.3, 0.4) is 0 Å². The molecule has 0 aromatic carbocycles. The maximum Gasteiger partial charge on any atom is 0.134 e. The number of likely N-dealkylation sites (tertiary alicyclic amines) is 1. The van der Waals surface area contributed by atoms with Crippen LogP contribution in [0.2, 0.25) is 0 Å². The molecule has 0 bridgehead atoms. The zero-order valence-corrected chi connectivity index (χ0v) is 6.84. The molecule has 0 saturated carbocycles. The van der Waals surface area contributed by atoms with Gasteiger partial charge in [-0.15, -0.1) is 0 Å². The molecule has 1 aliphatic heterocycles. The van der Waals surface area contributed by atoms with Gasteiger partial charge in [0.05, 0.1) is 13.1 Å². The molecule has 10 heavy (non-hydrogen) atoms. The Morgan fingerprint density at radius 2 is 1.80 bits per heavy atom. The summed E-state index contributed by atoms with van der Waals surface area (Å²) in [6.07, 6.45) is 2.22. The molecule has 0 aromatic heterocycles. The van der Waals surface area contributed by atoms with Crippen molar-refractivity contribution in [2.24, 2.45) is 0 Å². The average molecular weight is 144 g/mol. The van der Waals surface area contributed by atoms with E-state index < -0.39 is 0 Å². The molecule has 0 amide bonds. The summed E-state index contributed by atoms with van der Waals surface area (Å²) in [6.45, 7) is 2.29. The van der Waals surface area contributed by atoms with E-state index in [1.165, 1.54) is 0 Å². The Bertz CT molecular complexity index is 108. The van der Waals surface area contributed by atoms with E-state index in [9.17, 15) is 5.21 Å². The normalized spacial score (nSPS) is 24.0. The van der Waals surface area contributed by atoms with E-state index in [0.29, 0.717) is 6.67 Å². The largest absolute Gasteiger partial charge is 0.632 e. The van der Waals surface area contributed by atoms with Crippen molar-refractivity contribution in [3.05, 3.63) is 5.21 Å². The molecule has 0 N–H and O–H groups in total. The van der Waals surface area contributed by atoms with Crippen molar-refractivity contribution in [3.63, 3.8) is 0 Å². The Hall–Kier alpha value is -0.120. The minimum atomic E-state index is 0.00694. The quantitative estimate of drug-likeness (QED) is 0.419. The van der Waals surface area contributed by atoms with E-state index in [4.69, 9.17) is 0 Å². The fourth-order valence-electron chi connectivity index (χ4n) is 1.57. The highest BCUT2D eigenvalue weighted by Gasteiger charge is 2.22. The molecule has 0 aliphatic carbocycles. The van der Waals surface area contributed by atoms with E-state index in [1.54, 1.807) is 0 Å². The van der Waals surface area contributed by atoms with Crippen LogP contribution in [0.25, 0.3) is 0 Å². The number of hydroxylamine groups is 3. The van der Waals surface area contributed by atoms with Crippen LogP contribution in [0, 0.1) is 5.21 Å². The van der Waals surface area contributed by atoms with E-state index in [2.05, 4.69) is 0 Å². The molecule has 1 aliphatic rings. The summed E-state index contributed by atoms with van der Waals surface area (Å²) in [5.41, 5.74) is 0. The number of hydrogen-bond donors (Lipinski definition) is 0. The second kappa shape index (κ2) is 2.86. The molecule has 1 rings (SSSR count). The van der Waals surface area contributed by atoms with Gasteiger partial charge in [0.2, 0.25) is 0 Å². The summed E-state index contributed by atoms with van der Waals surface area (Å²) in [5.74, 6) is 0. The van der Waals surface area contributed by atoms with Crippen molar-refractivity contribution in [3.8, 4) is 0 Å². The Morgan fingerprint density at radius 1 is 1.30 bits per heavy atom. The lowest BCUT2D eigenvalue weighted by Crippen LogP contribution is -2.45. The molecule has 1 heterocycles. The highest BCUT2D eigenvalue weighted by molar-refractivity contribution is 4.53. The van der Waals surface area contributed by atoms with Crippen LogP contribution in [0.1, 0.15) is 12.8 Å². The van der Waals surface area contributed by atoms with Crippen LogP contribution >= 0.6 is 0 Å². The van der Waals surface area contributed by atoms with Crippen molar-refractivity contribution in [1.29, 1.82) is 0 Å². The van der Waals surface area contributed by atoms with Crippen molar-refractivity contribution in [1.82, 2.24) is 4.90 Å². The summed E-state index contributed by atoms with van der Waals surface area (Å²) in [5, 5.41) is 11.6. The van der Waals surface area contributed by atoms with Crippen LogP contribution in [-0.4, -0.2) is 43.4 Å². The van der Waals surface area contributed by atoms with Gasteiger partial charge < -0.3 is 9.85 Å². The lowest BCUT2D eigenvalue weighted by atomic mass is 10.4. The smallest absolute Gasteiger partial charge is 0.134 e. The van der Waals surface area contributed by atoms with Gasteiger partial charge in [-0.3, -0.25) is 4.90 Å². The van der Waals surface area contributed by atoms with Gasteiger partial charge in [0.1, 0.15) is 6.67 Å². The van der Waals surface area contributed by atoms with Gasteiger partial charge in [0, 0.05) is 12.8 Å². The van der Waals surface area contributed by atoms with Gasteiger partial charge in [-0.25, -0.2) is 0 Å². The summed E-state index contributed by atoms with van der Waals surface area (Å²) in [7, 11) is 3.91. The zero-order chi connectivity index (χ0) is 7.61. The molecule has 1 saturated heterocycles. The standard InChI is InChI=1S/C7H16N2O/c1-8(2)7-9(10)5-3-4-6-9/h3-7H2,1-2H3. The molecule has 60 valence electrons. The van der Waals surface area contributed by atoms with Gasteiger partial charge in [-0.05, 0) is 14.1 Å². The van der Waals surface area contributed by atoms with Crippen molar-refractivity contribution in [2.45, 2.75) is 12.8 Å². The highest BCUT2D eigenvalue weighted by atomic mass is 16.5. The Labute approximate surface area is 62.4 Å². The first kappa shape index (κ1) is 7.98. The predicted molar refractivity (Wildman–Crippen MR) is 41.1 cm³/mol. The van der Waals surface area contributed by atoms with E-state index >= 15 is 0 Å². The van der Waals surface area contributed by atoms with Gasteiger partial charge in [-0.1, -0.05) is 0 Å². The SMILES string of the molecule is CN(C)C[N+]1([O-])CCCC1. The van der Waals surface area contributed by atoms with Crippen LogP contribution in [0.15, 0.2) is 0 Å². The minimum absolute atomic E-state index is 0.00694. The molecule has 3 nitrogen and oxygen atoms in total. The third-order valence-electron chi connectivity index (χ3n) is 1.92. The lowest BCUT2D eigenvalue weighted by molar-refractivity contribution is -0.878. The molecule has 1 fully saturated rings. The van der Waals surface area contributed by atoms with Crippen molar-refractivity contribution in [2.75, 3.05) is 33.9 Å².